The Labute approximate surface area is 166 Å². The number of amides is 2. The van der Waals surface area contributed by atoms with Gasteiger partial charge in [0, 0.05) is 33.6 Å². The van der Waals surface area contributed by atoms with Gasteiger partial charge in [0.2, 0.25) is 0 Å². The Kier molecular flexibility index (Phi) is 4.68. The summed E-state index contributed by atoms with van der Waals surface area (Å²) in [5, 5.41) is 19.5. The smallest absolute Gasteiger partial charge is 0.325 e. The third kappa shape index (κ3) is 3.80. The fraction of sp³-hybridized carbons (Fsp3) is 0. The number of hydrogen-bond donors (Lipinski definition) is 2. The second-order valence-corrected chi connectivity index (χ2v) is 7.01. The number of halogens is 1. The van der Waals surface area contributed by atoms with Crippen molar-refractivity contribution >= 4 is 56.4 Å². The minimum Gasteiger partial charge on any atom is -0.454 e. The highest BCUT2D eigenvalue weighted by molar-refractivity contribution is 7.14. The van der Waals surface area contributed by atoms with Crippen LogP contribution in [-0.2, 0) is 0 Å². The first kappa shape index (κ1) is 18.0. The highest BCUT2D eigenvalue weighted by Gasteiger charge is 2.14. The van der Waals surface area contributed by atoms with E-state index in [1.54, 1.807) is 41.8 Å². The first-order valence-electron chi connectivity index (χ1n) is 7.95. The molecule has 0 aliphatic carbocycles. The molecule has 0 radical (unpaired) electrons. The Morgan fingerprint density at radius 2 is 1.93 bits per heavy atom. The van der Waals surface area contributed by atoms with Crippen LogP contribution in [0.15, 0.2) is 58.3 Å². The number of nitrogens with zero attached hydrogens (tertiary/aromatic N) is 2. The molecule has 2 N–H and O–H groups in total. The molecule has 4 aromatic rings. The number of nitro benzene ring substituents is 1. The molecule has 0 unspecified atom stereocenters. The van der Waals surface area contributed by atoms with Crippen LogP contribution in [0.4, 0.5) is 21.3 Å². The van der Waals surface area contributed by atoms with Gasteiger partial charge in [0.1, 0.15) is 11.3 Å². The zero-order valence-electron chi connectivity index (χ0n) is 14.0. The van der Waals surface area contributed by atoms with E-state index in [1.807, 2.05) is 0 Å². The molecule has 0 aliphatic rings. The minimum atomic E-state index is -0.462. The molecule has 10 heteroatoms. The largest absolute Gasteiger partial charge is 0.454 e. The number of carbonyl (C=O) groups is 1. The van der Waals surface area contributed by atoms with Gasteiger partial charge in [-0.2, -0.15) is 0 Å². The minimum absolute atomic E-state index is 0.0145. The van der Waals surface area contributed by atoms with Gasteiger partial charge in [-0.1, -0.05) is 11.6 Å². The molecule has 0 fully saturated rings. The number of furan rings is 1. The molecule has 0 saturated carbocycles. The first-order chi connectivity index (χ1) is 13.5. The number of thiazole rings is 1. The molecule has 0 spiro atoms. The molecule has 8 nitrogen and oxygen atoms in total. The van der Waals surface area contributed by atoms with Gasteiger partial charge in [-0.3, -0.25) is 15.4 Å². The second kappa shape index (κ2) is 7.29. The van der Waals surface area contributed by atoms with Crippen LogP contribution in [0.25, 0.3) is 22.4 Å². The summed E-state index contributed by atoms with van der Waals surface area (Å²) in [6.07, 6.45) is 0. The molecule has 0 saturated heterocycles. The molecule has 0 atom stereocenters. The highest BCUT2D eigenvalue weighted by atomic mass is 35.5. The van der Waals surface area contributed by atoms with E-state index in [4.69, 9.17) is 16.0 Å². The van der Waals surface area contributed by atoms with Crippen molar-refractivity contribution in [2.24, 2.45) is 0 Å². The van der Waals surface area contributed by atoms with E-state index in [9.17, 15) is 14.9 Å². The molecule has 2 aromatic heterocycles. The number of carbonyl (C=O) groups excluding carboxylic acids is 1. The number of nitrogens with one attached hydrogen (secondary N) is 2. The Morgan fingerprint density at radius 3 is 2.68 bits per heavy atom. The predicted octanol–water partition coefficient (Wildman–Crippen LogP) is 5.76. The number of fused-ring (bicyclic) bond motifs is 1. The van der Waals surface area contributed by atoms with Crippen molar-refractivity contribution in [3.05, 3.63) is 69.0 Å². The van der Waals surface area contributed by atoms with Crippen LogP contribution in [0.1, 0.15) is 0 Å². The third-order valence-corrected chi connectivity index (χ3v) is 4.80. The zero-order valence-corrected chi connectivity index (χ0v) is 15.6. The lowest BCUT2D eigenvalue weighted by molar-refractivity contribution is -0.384. The molecule has 2 amide bonds. The molecular formula is C18H11ClN4O4S. The van der Waals surface area contributed by atoms with Gasteiger partial charge in [0.25, 0.3) is 5.69 Å². The molecule has 28 heavy (non-hydrogen) atoms. The van der Waals surface area contributed by atoms with Crippen LogP contribution in [-0.4, -0.2) is 15.9 Å². The number of hydrogen-bond acceptors (Lipinski definition) is 6. The van der Waals surface area contributed by atoms with E-state index in [0.717, 1.165) is 0 Å². The van der Waals surface area contributed by atoms with E-state index >= 15 is 0 Å². The normalized spacial score (nSPS) is 10.8. The van der Waals surface area contributed by atoms with Gasteiger partial charge >= 0.3 is 6.03 Å². The summed E-state index contributed by atoms with van der Waals surface area (Å²) < 4.78 is 5.69. The number of rotatable bonds is 4. The van der Waals surface area contributed by atoms with Crippen LogP contribution in [0, 0.1) is 10.1 Å². The number of urea groups is 1. The van der Waals surface area contributed by atoms with Gasteiger partial charge in [-0.15, -0.1) is 11.3 Å². The lowest BCUT2D eigenvalue weighted by atomic mass is 10.2. The molecule has 140 valence electrons. The van der Waals surface area contributed by atoms with Crippen molar-refractivity contribution in [1.29, 1.82) is 0 Å². The maximum Gasteiger partial charge on any atom is 0.325 e. The summed E-state index contributed by atoms with van der Waals surface area (Å²) in [6.45, 7) is 0. The third-order valence-electron chi connectivity index (χ3n) is 3.79. The second-order valence-electron chi connectivity index (χ2n) is 5.71. The monoisotopic (exact) mass is 414 g/mol. The Balaban J connectivity index is 1.49. The SMILES string of the molecule is O=C(Nc1ccc(Cl)cc1)Nc1nc(-c2cc3cc([N+](=O)[O-])ccc3o2)cs1. The lowest BCUT2D eigenvalue weighted by Crippen LogP contribution is -2.19. The summed E-state index contributed by atoms with van der Waals surface area (Å²) in [5.41, 5.74) is 1.62. The zero-order chi connectivity index (χ0) is 19.7. The van der Waals surface area contributed by atoms with E-state index in [1.165, 1.54) is 23.5 Å². The first-order valence-corrected chi connectivity index (χ1v) is 9.21. The van der Waals surface area contributed by atoms with Gasteiger partial charge in [-0.25, -0.2) is 9.78 Å². The standard InChI is InChI=1S/C18H11ClN4O4S/c19-11-1-3-12(4-2-11)20-17(24)22-18-21-14(9-28-18)16-8-10-7-13(23(25)26)5-6-15(10)27-16/h1-9H,(H2,20,21,22,24). The molecule has 0 bridgehead atoms. The summed E-state index contributed by atoms with van der Waals surface area (Å²) >= 11 is 7.04. The maximum absolute atomic E-state index is 12.1. The van der Waals surface area contributed by atoms with Gasteiger partial charge in [-0.05, 0) is 36.4 Å². The number of aromatic nitrogens is 1. The average Bonchev–Trinajstić information content (AvgIpc) is 3.29. The number of anilines is 2. The summed E-state index contributed by atoms with van der Waals surface area (Å²) in [4.78, 5) is 26.8. The number of nitro groups is 1. The van der Waals surface area contributed by atoms with Crippen molar-refractivity contribution in [2.75, 3.05) is 10.6 Å². The van der Waals surface area contributed by atoms with Gasteiger partial charge < -0.3 is 9.73 Å². The van der Waals surface area contributed by atoms with Crippen LogP contribution < -0.4 is 10.6 Å². The lowest BCUT2D eigenvalue weighted by Gasteiger charge is -2.05. The number of non-ortho nitro benzene ring substituents is 1. The Morgan fingerprint density at radius 1 is 1.14 bits per heavy atom. The Hall–Kier alpha value is -3.43. The van der Waals surface area contributed by atoms with Crippen LogP contribution in [0.5, 0.6) is 0 Å². The van der Waals surface area contributed by atoms with E-state index in [2.05, 4.69) is 15.6 Å². The van der Waals surface area contributed by atoms with Crippen molar-refractivity contribution < 1.29 is 14.1 Å². The number of benzene rings is 2. The summed E-state index contributed by atoms with van der Waals surface area (Å²) in [7, 11) is 0. The van der Waals surface area contributed by atoms with Crippen molar-refractivity contribution in [3.63, 3.8) is 0 Å². The van der Waals surface area contributed by atoms with Crippen LogP contribution >= 0.6 is 22.9 Å². The quantitative estimate of drug-likeness (QED) is 0.325. The molecule has 2 aromatic carbocycles. The average molecular weight is 415 g/mol. The Bertz CT molecular complexity index is 1190. The fourth-order valence-corrected chi connectivity index (χ4v) is 3.33. The molecule has 2 heterocycles. The fourth-order valence-electron chi connectivity index (χ4n) is 2.51. The van der Waals surface area contributed by atoms with Crippen molar-refractivity contribution in [2.45, 2.75) is 0 Å². The summed E-state index contributed by atoms with van der Waals surface area (Å²) in [5.74, 6) is 0.456. The molecule has 4 rings (SSSR count). The van der Waals surface area contributed by atoms with Crippen molar-refractivity contribution in [1.82, 2.24) is 4.98 Å². The summed E-state index contributed by atoms with van der Waals surface area (Å²) in [6, 6.07) is 12.3. The van der Waals surface area contributed by atoms with Crippen molar-refractivity contribution in [3.8, 4) is 11.5 Å². The van der Waals surface area contributed by atoms with Crippen LogP contribution in [0.3, 0.4) is 0 Å². The maximum atomic E-state index is 12.1. The van der Waals surface area contributed by atoms with E-state index < -0.39 is 11.0 Å². The van der Waals surface area contributed by atoms with E-state index in [-0.39, 0.29) is 5.69 Å². The van der Waals surface area contributed by atoms with Crippen LogP contribution in [0.2, 0.25) is 5.02 Å². The van der Waals surface area contributed by atoms with Gasteiger partial charge in [0.05, 0.1) is 4.92 Å². The highest BCUT2D eigenvalue weighted by Crippen LogP contribution is 2.32. The topological polar surface area (TPSA) is 110 Å². The van der Waals surface area contributed by atoms with E-state index in [0.29, 0.717) is 38.3 Å². The molecular weight excluding hydrogens is 404 g/mol. The predicted molar refractivity (Wildman–Crippen MR) is 108 cm³/mol. The van der Waals surface area contributed by atoms with Gasteiger partial charge in [0.15, 0.2) is 10.9 Å². The molecule has 0 aliphatic heterocycles.